The van der Waals surface area contributed by atoms with Crippen LogP contribution in [-0.2, 0) is 11.1 Å². The predicted molar refractivity (Wildman–Crippen MR) is 57.4 cm³/mol. The smallest absolute Gasteiger partial charge is 0.387 e. The van der Waals surface area contributed by atoms with Crippen LogP contribution in [0.2, 0.25) is 0 Å². The molecule has 0 saturated heterocycles. The lowest BCUT2D eigenvalue weighted by Crippen LogP contribution is -2.03. The predicted octanol–water partition coefficient (Wildman–Crippen LogP) is 2.42. The van der Waals surface area contributed by atoms with Crippen molar-refractivity contribution in [1.82, 2.24) is 4.98 Å². The number of pyridine rings is 1. The van der Waals surface area contributed by atoms with E-state index in [1.807, 2.05) is 0 Å². The first-order valence-electron chi connectivity index (χ1n) is 4.53. The van der Waals surface area contributed by atoms with Gasteiger partial charge in [0.15, 0.2) is 16.8 Å². The molecule has 1 unspecified atom stereocenters. The van der Waals surface area contributed by atoms with Gasteiger partial charge in [-0.1, -0.05) is 0 Å². The van der Waals surface area contributed by atoms with Gasteiger partial charge in [0.1, 0.15) is 5.52 Å². The zero-order valence-electron chi connectivity index (χ0n) is 8.34. The summed E-state index contributed by atoms with van der Waals surface area (Å²) in [4.78, 5) is 3.98. The molecule has 0 saturated carbocycles. The molecule has 0 spiro atoms. The standard InChI is InChI=1S/C10H7F2NO3S/c11-10(12)16-7-3-4-8(17(14)15)6-2-1-5-13-9(6)7/h1-5,10H,(H,14,15). The van der Waals surface area contributed by atoms with E-state index in [9.17, 15) is 13.0 Å². The number of nitrogens with zero attached hydrogens (tertiary/aromatic N) is 1. The summed E-state index contributed by atoms with van der Waals surface area (Å²) in [5.41, 5.74) is 0.132. The molecule has 4 nitrogen and oxygen atoms in total. The third kappa shape index (κ3) is 2.40. The van der Waals surface area contributed by atoms with Crippen molar-refractivity contribution in [3.8, 4) is 5.75 Å². The molecule has 0 amide bonds. The van der Waals surface area contributed by atoms with E-state index in [-0.39, 0.29) is 16.2 Å². The number of fused-ring (bicyclic) bond motifs is 1. The van der Waals surface area contributed by atoms with Crippen molar-refractivity contribution in [3.05, 3.63) is 30.5 Å². The third-order valence-corrected chi connectivity index (χ3v) is 2.83. The van der Waals surface area contributed by atoms with Crippen LogP contribution in [0.4, 0.5) is 8.78 Å². The second kappa shape index (κ2) is 4.72. The minimum Gasteiger partial charge on any atom is -0.432 e. The number of halogens is 2. The van der Waals surface area contributed by atoms with Gasteiger partial charge in [0, 0.05) is 11.6 Å². The van der Waals surface area contributed by atoms with Crippen molar-refractivity contribution in [2.75, 3.05) is 0 Å². The second-order valence-electron chi connectivity index (χ2n) is 3.09. The van der Waals surface area contributed by atoms with Gasteiger partial charge in [-0.25, -0.2) is 4.21 Å². The molecule has 1 N–H and O–H groups in total. The quantitative estimate of drug-likeness (QED) is 0.860. The molecule has 90 valence electrons. The van der Waals surface area contributed by atoms with E-state index < -0.39 is 17.7 Å². The van der Waals surface area contributed by atoms with Crippen LogP contribution in [0.25, 0.3) is 10.9 Å². The van der Waals surface area contributed by atoms with E-state index in [0.717, 1.165) is 0 Å². The van der Waals surface area contributed by atoms with Gasteiger partial charge in [-0.05, 0) is 24.3 Å². The molecule has 0 aliphatic heterocycles. The van der Waals surface area contributed by atoms with E-state index in [0.29, 0.717) is 5.39 Å². The van der Waals surface area contributed by atoms with Crippen LogP contribution in [0, 0.1) is 0 Å². The molecule has 2 aromatic rings. The molecule has 1 aromatic heterocycles. The maximum Gasteiger partial charge on any atom is 0.387 e. The van der Waals surface area contributed by atoms with Crippen molar-refractivity contribution in [3.63, 3.8) is 0 Å². The number of hydrogen-bond acceptors (Lipinski definition) is 3. The van der Waals surface area contributed by atoms with Gasteiger partial charge in [-0.2, -0.15) is 8.78 Å². The molecule has 0 radical (unpaired) electrons. The maximum atomic E-state index is 12.1. The molecule has 0 aliphatic rings. The Morgan fingerprint density at radius 3 is 2.76 bits per heavy atom. The van der Waals surface area contributed by atoms with Gasteiger partial charge < -0.3 is 9.29 Å². The van der Waals surface area contributed by atoms with E-state index in [1.165, 1.54) is 24.4 Å². The Balaban J connectivity index is 2.66. The molecule has 0 fully saturated rings. The molecule has 7 heteroatoms. The molecule has 2 rings (SSSR count). The normalized spacial score (nSPS) is 12.9. The zero-order chi connectivity index (χ0) is 12.4. The Morgan fingerprint density at radius 2 is 2.12 bits per heavy atom. The first-order valence-corrected chi connectivity index (χ1v) is 5.63. The first kappa shape index (κ1) is 11.9. The van der Waals surface area contributed by atoms with Crippen molar-refractivity contribution >= 4 is 22.0 Å². The van der Waals surface area contributed by atoms with Crippen molar-refractivity contribution in [2.45, 2.75) is 11.5 Å². The zero-order valence-corrected chi connectivity index (χ0v) is 9.16. The summed E-state index contributed by atoms with van der Waals surface area (Å²) in [5, 5.41) is 0.312. The number of benzene rings is 1. The fraction of sp³-hybridized carbons (Fsp3) is 0.100. The Hall–Kier alpha value is -1.60. The fourth-order valence-electron chi connectivity index (χ4n) is 1.46. The van der Waals surface area contributed by atoms with Crippen LogP contribution in [0.15, 0.2) is 35.4 Å². The van der Waals surface area contributed by atoms with Gasteiger partial charge in [0.05, 0.1) is 4.90 Å². The molecule has 0 aliphatic carbocycles. The van der Waals surface area contributed by atoms with Crippen molar-refractivity contribution < 1.29 is 22.3 Å². The minimum absolute atomic E-state index is 0.106. The SMILES string of the molecule is O=S(O)c1ccc(OC(F)F)c2ncccc12. The molecule has 0 bridgehead atoms. The molecular weight excluding hydrogens is 252 g/mol. The largest absolute Gasteiger partial charge is 0.432 e. The summed E-state index contributed by atoms with van der Waals surface area (Å²) in [6, 6.07) is 5.53. The van der Waals surface area contributed by atoms with Crippen molar-refractivity contribution in [2.24, 2.45) is 0 Å². The maximum absolute atomic E-state index is 12.1. The van der Waals surface area contributed by atoms with Crippen LogP contribution < -0.4 is 4.74 Å². The van der Waals surface area contributed by atoms with Crippen LogP contribution in [0.3, 0.4) is 0 Å². The number of alkyl halides is 2. The van der Waals surface area contributed by atoms with Gasteiger partial charge in [0.2, 0.25) is 0 Å². The minimum atomic E-state index is -2.97. The van der Waals surface area contributed by atoms with Gasteiger partial charge in [-0.15, -0.1) is 0 Å². The van der Waals surface area contributed by atoms with E-state index in [2.05, 4.69) is 9.72 Å². The lowest BCUT2D eigenvalue weighted by Gasteiger charge is -2.08. The highest BCUT2D eigenvalue weighted by molar-refractivity contribution is 7.79. The number of hydrogen-bond donors (Lipinski definition) is 1. The fourth-order valence-corrected chi connectivity index (χ4v) is 2.00. The Bertz CT molecular complexity index is 576. The van der Waals surface area contributed by atoms with Gasteiger partial charge in [0.25, 0.3) is 0 Å². The summed E-state index contributed by atoms with van der Waals surface area (Å²) in [7, 11) is 0. The number of rotatable bonds is 3. The molecule has 1 aromatic carbocycles. The van der Waals surface area contributed by atoms with Crippen LogP contribution in [0.1, 0.15) is 0 Å². The highest BCUT2D eigenvalue weighted by Gasteiger charge is 2.14. The summed E-state index contributed by atoms with van der Waals surface area (Å²) in [6.07, 6.45) is 1.39. The third-order valence-electron chi connectivity index (χ3n) is 2.10. The summed E-state index contributed by atoms with van der Waals surface area (Å²) in [6.45, 7) is -2.97. The van der Waals surface area contributed by atoms with Gasteiger partial charge in [-0.3, -0.25) is 4.98 Å². The van der Waals surface area contributed by atoms with Crippen LogP contribution >= 0.6 is 0 Å². The average Bonchev–Trinajstić information content (AvgIpc) is 2.28. The number of aromatic nitrogens is 1. The summed E-state index contributed by atoms with van der Waals surface area (Å²) in [5.74, 6) is -0.121. The highest BCUT2D eigenvalue weighted by Crippen LogP contribution is 2.29. The average molecular weight is 259 g/mol. The summed E-state index contributed by atoms with van der Waals surface area (Å²) >= 11 is -2.21. The summed E-state index contributed by atoms with van der Waals surface area (Å²) < 4.78 is 48.7. The van der Waals surface area contributed by atoms with Crippen LogP contribution in [0.5, 0.6) is 5.75 Å². The Labute approximate surface area is 97.5 Å². The molecule has 1 heterocycles. The van der Waals surface area contributed by atoms with Crippen LogP contribution in [-0.4, -0.2) is 20.4 Å². The molecule has 1 atom stereocenters. The Morgan fingerprint density at radius 1 is 1.35 bits per heavy atom. The lowest BCUT2D eigenvalue weighted by molar-refractivity contribution is -0.0489. The number of ether oxygens (including phenoxy) is 1. The second-order valence-corrected chi connectivity index (χ2v) is 4.03. The lowest BCUT2D eigenvalue weighted by atomic mass is 10.2. The first-order chi connectivity index (χ1) is 8.09. The topological polar surface area (TPSA) is 59.4 Å². The monoisotopic (exact) mass is 259 g/mol. The van der Waals surface area contributed by atoms with E-state index >= 15 is 0 Å². The van der Waals surface area contributed by atoms with Gasteiger partial charge >= 0.3 is 6.61 Å². The molecule has 17 heavy (non-hydrogen) atoms. The van der Waals surface area contributed by atoms with E-state index in [4.69, 9.17) is 4.55 Å². The Kier molecular flexibility index (Phi) is 3.30. The highest BCUT2D eigenvalue weighted by atomic mass is 32.2. The molecular formula is C10H7F2NO3S. The van der Waals surface area contributed by atoms with Crippen molar-refractivity contribution in [1.29, 1.82) is 0 Å². The van der Waals surface area contributed by atoms with E-state index in [1.54, 1.807) is 6.07 Å².